The monoisotopic (exact) mass is 440 g/mol. The number of benzene rings is 2. The van der Waals surface area contributed by atoms with E-state index in [2.05, 4.69) is 0 Å². The Bertz CT molecular complexity index is 901. The zero-order valence-corrected chi connectivity index (χ0v) is 18.4. The van der Waals surface area contributed by atoms with Crippen LogP contribution >= 0.6 is 0 Å². The maximum atomic E-state index is 11.4. The number of nitro groups is 1. The van der Waals surface area contributed by atoms with Gasteiger partial charge in [-0.2, -0.15) is 0 Å². The van der Waals surface area contributed by atoms with Gasteiger partial charge in [-0.15, -0.1) is 0 Å². The van der Waals surface area contributed by atoms with E-state index in [1.54, 1.807) is 26.0 Å². The molecule has 2 rings (SSSR count). The summed E-state index contributed by atoms with van der Waals surface area (Å²) in [5.41, 5.74) is 2.79. The highest BCUT2D eigenvalue weighted by Gasteiger charge is 2.09. The van der Waals surface area contributed by atoms with Crippen LogP contribution in [0.5, 0.6) is 0 Å². The zero-order valence-electron chi connectivity index (χ0n) is 18.4. The molecule has 170 valence electrons. The molecule has 2 aromatic carbocycles. The molecule has 0 heterocycles. The number of hydrogen-bond donors (Lipinski definition) is 0. The Morgan fingerprint density at radius 2 is 1.28 bits per heavy atom. The SMILES string of the molecule is CCC(=O)OCCN(CCOC(=O)CC)c1ccc(/C=C/c2ccc([N+](=O)[O-])cc2)cc1. The predicted octanol–water partition coefficient (Wildman–Crippen LogP) is 4.48. The highest BCUT2D eigenvalue weighted by Crippen LogP contribution is 2.18. The summed E-state index contributed by atoms with van der Waals surface area (Å²) in [7, 11) is 0. The van der Waals surface area contributed by atoms with Crippen molar-refractivity contribution < 1.29 is 24.0 Å². The van der Waals surface area contributed by atoms with Gasteiger partial charge in [-0.1, -0.05) is 38.1 Å². The largest absolute Gasteiger partial charge is 0.464 e. The zero-order chi connectivity index (χ0) is 23.3. The predicted molar refractivity (Wildman–Crippen MR) is 123 cm³/mol. The Balaban J connectivity index is 2.02. The lowest BCUT2D eigenvalue weighted by atomic mass is 10.1. The van der Waals surface area contributed by atoms with E-state index in [0.717, 1.165) is 16.8 Å². The summed E-state index contributed by atoms with van der Waals surface area (Å²) in [6, 6.07) is 14.1. The first kappa shape index (κ1) is 24.6. The minimum absolute atomic E-state index is 0.0563. The first-order valence-electron chi connectivity index (χ1n) is 10.5. The van der Waals surface area contributed by atoms with Gasteiger partial charge in [-0.05, 0) is 35.4 Å². The Hall–Kier alpha value is -3.68. The van der Waals surface area contributed by atoms with Crippen molar-refractivity contribution in [2.75, 3.05) is 31.2 Å². The molecular formula is C24H28N2O6. The Labute approximate surface area is 187 Å². The minimum Gasteiger partial charge on any atom is -0.464 e. The van der Waals surface area contributed by atoms with Crippen LogP contribution in [0.4, 0.5) is 11.4 Å². The molecule has 0 bridgehead atoms. The molecule has 2 aromatic rings. The first-order valence-corrected chi connectivity index (χ1v) is 10.5. The molecular weight excluding hydrogens is 412 g/mol. The fraction of sp³-hybridized carbons (Fsp3) is 0.333. The van der Waals surface area contributed by atoms with Gasteiger partial charge in [-0.25, -0.2) is 0 Å². The second kappa shape index (κ2) is 12.9. The van der Waals surface area contributed by atoms with Crippen LogP contribution in [-0.4, -0.2) is 43.2 Å². The molecule has 0 N–H and O–H groups in total. The number of esters is 2. The van der Waals surface area contributed by atoms with Crippen molar-refractivity contribution in [2.24, 2.45) is 0 Å². The third-order valence-electron chi connectivity index (χ3n) is 4.66. The van der Waals surface area contributed by atoms with E-state index >= 15 is 0 Å². The van der Waals surface area contributed by atoms with E-state index in [4.69, 9.17) is 9.47 Å². The molecule has 0 aliphatic heterocycles. The molecule has 0 aromatic heterocycles. The normalized spacial score (nSPS) is 10.7. The molecule has 0 amide bonds. The molecule has 0 atom stereocenters. The number of carbonyl (C=O) groups is 2. The molecule has 0 aliphatic carbocycles. The fourth-order valence-electron chi connectivity index (χ4n) is 2.81. The van der Waals surface area contributed by atoms with Gasteiger partial charge < -0.3 is 14.4 Å². The van der Waals surface area contributed by atoms with Gasteiger partial charge in [0.1, 0.15) is 13.2 Å². The second-order valence-corrected chi connectivity index (χ2v) is 6.91. The van der Waals surface area contributed by atoms with E-state index in [1.165, 1.54) is 12.1 Å². The van der Waals surface area contributed by atoms with Crippen molar-refractivity contribution >= 4 is 35.5 Å². The molecule has 0 spiro atoms. The Morgan fingerprint density at radius 1 is 0.844 bits per heavy atom. The van der Waals surface area contributed by atoms with Gasteiger partial charge in [0.05, 0.1) is 18.0 Å². The summed E-state index contributed by atoms with van der Waals surface area (Å²) < 4.78 is 10.4. The molecule has 0 fully saturated rings. The number of hydrogen-bond acceptors (Lipinski definition) is 7. The molecule has 8 heteroatoms. The molecule has 0 unspecified atom stereocenters. The smallest absolute Gasteiger partial charge is 0.305 e. The van der Waals surface area contributed by atoms with E-state index in [0.29, 0.717) is 25.9 Å². The van der Waals surface area contributed by atoms with Gasteiger partial charge in [0.2, 0.25) is 0 Å². The van der Waals surface area contributed by atoms with Crippen molar-refractivity contribution in [2.45, 2.75) is 26.7 Å². The number of anilines is 1. The van der Waals surface area contributed by atoms with Crippen molar-refractivity contribution in [3.63, 3.8) is 0 Å². The topological polar surface area (TPSA) is 99.0 Å². The molecule has 0 aliphatic rings. The molecule has 0 radical (unpaired) electrons. The molecule has 0 saturated heterocycles. The lowest BCUT2D eigenvalue weighted by Crippen LogP contribution is -2.32. The number of carbonyl (C=O) groups excluding carboxylic acids is 2. The summed E-state index contributed by atoms with van der Waals surface area (Å²) in [6.45, 7) is 4.94. The average molecular weight is 440 g/mol. The lowest BCUT2D eigenvalue weighted by Gasteiger charge is -2.24. The van der Waals surface area contributed by atoms with Gasteiger partial charge >= 0.3 is 11.9 Å². The van der Waals surface area contributed by atoms with Crippen molar-refractivity contribution in [1.29, 1.82) is 0 Å². The highest BCUT2D eigenvalue weighted by molar-refractivity contribution is 5.71. The van der Waals surface area contributed by atoms with Crippen LogP contribution in [0, 0.1) is 10.1 Å². The van der Waals surface area contributed by atoms with Crippen LogP contribution in [-0.2, 0) is 19.1 Å². The van der Waals surface area contributed by atoms with Crippen LogP contribution in [0.3, 0.4) is 0 Å². The van der Waals surface area contributed by atoms with E-state index in [9.17, 15) is 19.7 Å². The maximum Gasteiger partial charge on any atom is 0.305 e. The number of ether oxygens (including phenoxy) is 2. The average Bonchev–Trinajstić information content (AvgIpc) is 2.82. The Morgan fingerprint density at radius 3 is 1.69 bits per heavy atom. The fourth-order valence-corrected chi connectivity index (χ4v) is 2.81. The quantitative estimate of drug-likeness (QED) is 0.208. The number of rotatable bonds is 12. The molecule has 32 heavy (non-hydrogen) atoms. The lowest BCUT2D eigenvalue weighted by molar-refractivity contribution is -0.384. The van der Waals surface area contributed by atoms with E-state index in [-0.39, 0.29) is 30.8 Å². The van der Waals surface area contributed by atoms with Crippen LogP contribution < -0.4 is 4.90 Å². The van der Waals surface area contributed by atoms with Gasteiger partial charge in [-0.3, -0.25) is 19.7 Å². The number of nitrogens with zero attached hydrogens (tertiary/aromatic N) is 2. The summed E-state index contributed by atoms with van der Waals surface area (Å²) in [5.74, 6) is -0.511. The third-order valence-corrected chi connectivity index (χ3v) is 4.66. The number of nitro benzene ring substituents is 1. The van der Waals surface area contributed by atoms with Crippen LogP contribution in [0.25, 0.3) is 12.2 Å². The van der Waals surface area contributed by atoms with Gasteiger partial charge in [0.15, 0.2) is 0 Å². The Kier molecular flexibility index (Phi) is 9.90. The summed E-state index contributed by atoms with van der Waals surface area (Å²) in [5, 5.41) is 10.7. The van der Waals surface area contributed by atoms with E-state index in [1.807, 2.05) is 41.3 Å². The van der Waals surface area contributed by atoms with Crippen molar-refractivity contribution in [3.8, 4) is 0 Å². The van der Waals surface area contributed by atoms with Crippen molar-refractivity contribution in [3.05, 3.63) is 69.8 Å². The van der Waals surface area contributed by atoms with Crippen LogP contribution in [0.1, 0.15) is 37.8 Å². The summed E-state index contributed by atoms with van der Waals surface area (Å²) >= 11 is 0. The van der Waals surface area contributed by atoms with Crippen LogP contribution in [0.15, 0.2) is 48.5 Å². The van der Waals surface area contributed by atoms with E-state index < -0.39 is 4.92 Å². The second-order valence-electron chi connectivity index (χ2n) is 6.91. The summed E-state index contributed by atoms with van der Waals surface area (Å²) in [4.78, 5) is 35.1. The highest BCUT2D eigenvalue weighted by atomic mass is 16.6. The standard InChI is InChI=1S/C24H28N2O6/c1-3-23(27)31-17-15-25(16-18-32-24(28)4-2)21-11-7-19(8-12-21)5-6-20-9-13-22(14-10-20)26(29)30/h5-14H,3-4,15-18H2,1-2H3/b6-5+. The van der Waals surface area contributed by atoms with Crippen LogP contribution in [0.2, 0.25) is 0 Å². The summed E-state index contributed by atoms with van der Waals surface area (Å²) in [6.07, 6.45) is 4.44. The van der Waals surface area contributed by atoms with Gasteiger partial charge in [0, 0.05) is 30.7 Å². The third kappa shape index (κ3) is 8.22. The molecule has 0 saturated carbocycles. The maximum absolute atomic E-state index is 11.4. The van der Waals surface area contributed by atoms with Gasteiger partial charge in [0.25, 0.3) is 5.69 Å². The minimum atomic E-state index is -0.426. The molecule has 8 nitrogen and oxygen atoms in total. The number of non-ortho nitro benzene ring substituents is 1. The first-order chi connectivity index (χ1) is 15.4. The van der Waals surface area contributed by atoms with Crippen molar-refractivity contribution in [1.82, 2.24) is 0 Å².